The average Bonchev–Trinajstić information content (AvgIpc) is 2.98. The summed E-state index contributed by atoms with van der Waals surface area (Å²) < 4.78 is 5.92. The van der Waals surface area contributed by atoms with Gasteiger partial charge in [0, 0.05) is 0 Å². The highest BCUT2D eigenvalue weighted by molar-refractivity contribution is 6.34. The SMILES string of the molecule is Cc1ccc(N2C(=O)c3ccc(C(=O)O[C@@H]4C[C@H](C)CC[C@@H]4C(C)C)cc3C2=O)cc1. The van der Waals surface area contributed by atoms with Gasteiger partial charge in [-0.1, -0.05) is 44.9 Å². The quantitative estimate of drug-likeness (QED) is 0.491. The summed E-state index contributed by atoms with van der Waals surface area (Å²) in [5.74, 6) is 0.0914. The summed E-state index contributed by atoms with van der Waals surface area (Å²) >= 11 is 0. The number of hydrogen-bond acceptors (Lipinski definition) is 4. The third-order valence-electron chi connectivity index (χ3n) is 6.63. The smallest absolute Gasteiger partial charge is 0.338 e. The molecule has 1 aliphatic heterocycles. The van der Waals surface area contributed by atoms with Crippen molar-refractivity contribution in [3.05, 3.63) is 64.7 Å². The lowest BCUT2D eigenvalue weighted by Crippen LogP contribution is -2.35. The van der Waals surface area contributed by atoms with Crippen molar-refractivity contribution < 1.29 is 19.1 Å². The van der Waals surface area contributed by atoms with Crippen molar-refractivity contribution in [1.82, 2.24) is 0 Å². The molecule has 162 valence electrons. The molecule has 1 aliphatic carbocycles. The van der Waals surface area contributed by atoms with Gasteiger partial charge in [0.1, 0.15) is 6.10 Å². The van der Waals surface area contributed by atoms with Gasteiger partial charge in [-0.2, -0.15) is 0 Å². The highest BCUT2D eigenvalue weighted by atomic mass is 16.5. The van der Waals surface area contributed by atoms with Crippen LogP contribution in [0.3, 0.4) is 0 Å². The van der Waals surface area contributed by atoms with E-state index < -0.39 is 11.9 Å². The number of anilines is 1. The monoisotopic (exact) mass is 419 g/mol. The van der Waals surface area contributed by atoms with E-state index in [1.54, 1.807) is 24.3 Å². The number of amides is 2. The molecule has 3 atom stereocenters. The maximum absolute atomic E-state index is 13.0. The maximum Gasteiger partial charge on any atom is 0.338 e. The van der Waals surface area contributed by atoms with Crippen LogP contribution < -0.4 is 4.90 Å². The Hall–Kier alpha value is -2.95. The van der Waals surface area contributed by atoms with E-state index in [1.807, 2.05) is 19.1 Å². The van der Waals surface area contributed by atoms with Gasteiger partial charge in [0.25, 0.3) is 11.8 Å². The van der Waals surface area contributed by atoms with Crippen LogP contribution in [0.2, 0.25) is 0 Å². The Morgan fingerprint density at radius 2 is 1.68 bits per heavy atom. The van der Waals surface area contributed by atoms with Gasteiger partial charge in [-0.05, 0) is 67.9 Å². The van der Waals surface area contributed by atoms with Gasteiger partial charge < -0.3 is 4.74 Å². The fraction of sp³-hybridized carbons (Fsp3) is 0.423. The van der Waals surface area contributed by atoms with E-state index in [4.69, 9.17) is 4.74 Å². The lowest BCUT2D eigenvalue weighted by Gasteiger charge is -2.36. The van der Waals surface area contributed by atoms with E-state index in [9.17, 15) is 14.4 Å². The van der Waals surface area contributed by atoms with Gasteiger partial charge in [0.05, 0.1) is 22.4 Å². The molecule has 0 aromatic heterocycles. The van der Waals surface area contributed by atoms with Crippen molar-refractivity contribution >= 4 is 23.5 Å². The van der Waals surface area contributed by atoms with Crippen LogP contribution in [0, 0.1) is 24.7 Å². The van der Waals surface area contributed by atoms with Crippen molar-refractivity contribution in [2.75, 3.05) is 4.90 Å². The summed E-state index contributed by atoms with van der Waals surface area (Å²) in [5.41, 5.74) is 2.44. The standard InChI is InChI=1S/C26H29NO4/c1-15(2)20-11-7-17(4)13-23(20)31-26(30)18-8-12-21-22(14-18)25(29)27(24(21)28)19-9-5-16(3)6-10-19/h5-6,8-10,12,14-15,17,20,23H,7,11,13H2,1-4H3/t17-,20-,23-/m1/s1. The average molecular weight is 420 g/mol. The normalized spacial score (nSPS) is 23.3. The number of esters is 1. The number of ether oxygens (including phenoxy) is 1. The summed E-state index contributed by atoms with van der Waals surface area (Å²) in [6.07, 6.45) is 2.95. The van der Waals surface area contributed by atoms with E-state index in [1.165, 1.54) is 6.07 Å². The van der Waals surface area contributed by atoms with Crippen molar-refractivity contribution in [1.29, 1.82) is 0 Å². The second-order valence-corrected chi connectivity index (χ2v) is 9.31. The van der Waals surface area contributed by atoms with Gasteiger partial charge in [-0.25, -0.2) is 9.69 Å². The first-order chi connectivity index (χ1) is 14.8. The second-order valence-electron chi connectivity index (χ2n) is 9.31. The molecule has 1 fully saturated rings. The van der Waals surface area contributed by atoms with Crippen molar-refractivity contribution in [3.63, 3.8) is 0 Å². The molecule has 2 aromatic rings. The van der Waals surface area contributed by atoms with Crippen LogP contribution >= 0.6 is 0 Å². The summed E-state index contributed by atoms with van der Waals surface area (Å²) in [7, 11) is 0. The molecule has 4 rings (SSSR count). The molecule has 2 amide bonds. The number of rotatable bonds is 4. The molecular formula is C26H29NO4. The van der Waals surface area contributed by atoms with Gasteiger partial charge in [0.15, 0.2) is 0 Å². The molecule has 1 saturated carbocycles. The fourth-order valence-corrected chi connectivity index (χ4v) is 4.75. The third kappa shape index (κ3) is 4.01. The molecule has 1 heterocycles. The minimum Gasteiger partial charge on any atom is -0.458 e. The number of nitrogens with zero attached hydrogens (tertiary/aromatic N) is 1. The molecule has 0 radical (unpaired) electrons. The fourth-order valence-electron chi connectivity index (χ4n) is 4.75. The van der Waals surface area contributed by atoms with E-state index in [0.717, 1.165) is 29.7 Å². The first-order valence-electron chi connectivity index (χ1n) is 11.1. The van der Waals surface area contributed by atoms with Crippen LogP contribution in [0.1, 0.15) is 76.7 Å². The third-order valence-corrected chi connectivity index (χ3v) is 6.63. The molecule has 2 aliphatic rings. The van der Waals surface area contributed by atoms with Crippen molar-refractivity contribution in [2.45, 2.75) is 53.1 Å². The molecule has 0 unspecified atom stereocenters. The Bertz CT molecular complexity index is 1020. The minimum absolute atomic E-state index is 0.120. The predicted molar refractivity (Wildman–Crippen MR) is 119 cm³/mol. The zero-order valence-corrected chi connectivity index (χ0v) is 18.6. The number of imide groups is 1. The van der Waals surface area contributed by atoms with Crippen LogP contribution in [0.15, 0.2) is 42.5 Å². The van der Waals surface area contributed by atoms with Gasteiger partial charge in [-0.15, -0.1) is 0 Å². The number of benzene rings is 2. The molecule has 0 bridgehead atoms. The Balaban J connectivity index is 1.57. The number of carbonyl (C=O) groups is 3. The summed E-state index contributed by atoms with van der Waals surface area (Å²) in [5, 5.41) is 0. The lowest BCUT2D eigenvalue weighted by molar-refractivity contribution is -0.0174. The molecular weight excluding hydrogens is 390 g/mol. The minimum atomic E-state index is -0.429. The highest BCUT2D eigenvalue weighted by Gasteiger charge is 2.38. The topological polar surface area (TPSA) is 63.7 Å². The van der Waals surface area contributed by atoms with E-state index >= 15 is 0 Å². The Kier molecular flexibility index (Phi) is 5.69. The zero-order valence-electron chi connectivity index (χ0n) is 18.6. The van der Waals surface area contributed by atoms with E-state index in [0.29, 0.717) is 34.6 Å². The summed E-state index contributed by atoms with van der Waals surface area (Å²) in [4.78, 5) is 39.9. The number of carbonyl (C=O) groups excluding carboxylic acids is 3. The van der Waals surface area contributed by atoms with Crippen molar-refractivity contribution in [2.24, 2.45) is 17.8 Å². The molecule has 0 spiro atoms. The predicted octanol–water partition coefficient (Wildman–Crippen LogP) is 5.41. The van der Waals surface area contributed by atoms with Crippen LogP contribution in [-0.4, -0.2) is 23.9 Å². The second kappa shape index (κ2) is 8.29. The molecule has 0 N–H and O–H groups in total. The molecule has 0 saturated heterocycles. The van der Waals surface area contributed by atoms with Gasteiger partial charge in [-0.3, -0.25) is 9.59 Å². The van der Waals surface area contributed by atoms with Crippen LogP contribution in [0.5, 0.6) is 0 Å². The highest BCUT2D eigenvalue weighted by Crippen LogP contribution is 2.36. The first-order valence-corrected chi connectivity index (χ1v) is 11.1. The van der Waals surface area contributed by atoms with Crippen LogP contribution in [-0.2, 0) is 4.74 Å². The molecule has 2 aromatic carbocycles. The number of fused-ring (bicyclic) bond motifs is 1. The Labute approximate surface area is 183 Å². The summed E-state index contributed by atoms with van der Waals surface area (Å²) in [6, 6.07) is 11.9. The first kappa shape index (κ1) is 21.3. The van der Waals surface area contributed by atoms with Gasteiger partial charge in [0.2, 0.25) is 0 Å². The maximum atomic E-state index is 13.0. The molecule has 5 nitrogen and oxygen atoms in total. The summed E-state index contributed by atoms with van der Waals surface area (Å²) in [6.45, 7) is 8.47. The molecule has 5 heteroatoms. The van der Waals surface area contributed by atoms with E-state index in [-0.39, 0.29) is 17.6 Å². The van der Waals surface area contributed by atoms with Crippen LogP contribution in [0.25, 0.3) is 0 Å². The number of hydrogen-bond donors (Lipinski definition) is 0. The Morgan fingerprint density at radius 3 is 2.35 bits per heavy atom. The number of aryl methyl sites for hydroxylation is 1. The molecule has 31 heavy (non-hydrogen) atoms. The van der Waals surface area contributed by atoms with Gasteiger partial charge >= 0.3 is 5.97 Å². The van der Waals surface area contributed by atoms with Crippen molar-refractivity contribution in [3.8, 4) is 0 Å². The lowest BCUT2D eigenvalue weighted by atomic mass is 9.75. The van der Waals surface area contributed by atoms with E-state index in [2.05, 4.69) is 20.8 Å². The largest absolute Gasteiger partial charge is 0.458 e. The van der Waals surface area contributed by atoms with Crippen LogP contribution in [0.4, 0.5) is 5.69 Å². The zero-order chi connectivity index (χ0) is 22.3. The Morgan fingerprint density at radius 1 is 1.00 bits per heavy atom.